The first-order chi connectivity index (χ1) is 11.5. The van der Waals surface area contributed by atoms with Crippen molar-refractivity contribution < 1.29 is 9.59 Å². The first-order valence-electron chi connectivity index (χ1n) is 8.91. The molecule has 0 aliphatic carbocycles. The van der Waals surface area contributed by atoms with E-state index in [0.29, 0.717) is 6.54 Å². The molecule has 2 amide bonds. The summed E-state index contributed by atoms with van der Waals surface area (Å²) in [4.78, 5) is 26.6. The second-order valence-electron chi connectivity index (χ2n) is 6.75. The number of primary amides is 1. The fourth-order valence-electron chi connectivity index (χ4n) is 3.51. The highest BCUT2D eigenvalue weighted by atomic mass is 16.2. The second kappa shape index (κ2) is 8.83. The summed E-state index contributed by atoms with van der Waals surface area (Å²) >= 11 is 0. The lowest BCUT2D eigenvalue weighted by Crippen LogP contribution is -2.48. The summed E-state index contributed by atoms with van der Waals surface area (Å²) in [5.74, 6) is -0.345. The quantitative estimate of drug-likeness (QED) is 0.804. The summed E-state index contributed by atoms with van der Waals surface area (Å²) in [6.07, 6.45) is 3.80. The number of nitrogens with two attached hydrogens (primary N) is 1. The van der Waals surface area contributed by atoms with Gasteiger partial charge in [-0.3, -0.25) is 14.5 Å². The van der Waals surface area contributed by atoms with Crippen molar-refractivity contribution in [3.8, 4) is 0 Å². The average molecular weight is 331 g/mol. The molecule has 1 aromatic carbocycles. The number of carbonyl (C=O) groups is 2. The number of benzene rings is 1. The van der Waals surface area contributed by atoms with Crippen LogP contribution in [-0.2, 0) is 9.59 Å². The van der Waals surface area contributed by atoms with Gasteiger partial charge in [-0.25, -0.2) is 0 Å². The monoisotopic (exact) mass is 331 g/mol. The summed E-state index contributed by atoms with van der Waals surface area (Å²) in [7, 11) is 0. The molecule has 0 unspecified atom stereocenters. The zero-order valence-electron chi connectivity index (χ0n) is 14.7. The number of likely N-dealkylation sites (tertiary alicyclic amines) is 1. The summed E-state index contributed by atoms with van der Waals surface area (Å²) in [6, 6.07) is 9.31. The van der Waals surface area contributed by atoms with Crippen LogP contribution in [0.15, 0.2) is 30.3 Å². The van der Waals surface area contributed by atoms with Gasteiger partial charge in [0.2, 0.25) is 11.8 Å². The van der Waals surface area contributed by atoms with E-state index in [0.717, 1.165) is 37.8 Å². The Labute approximate surface area is 144 Å². The molecule has 3 N–H and O–H groups in total. The Hall–Kier alpha value is -1.88. The predicted octanol–water partition coefficient (Wildman–Crippen LogP) is 2.23. The fraction of sp³-hybridized carbons (Fsp3) is 0.579. The Bertz CT molecular complexity index is 547. The van der Waals surface area contributed by atoms with Gasteiger partial charge < -0.3 is 11.1 Å². The first-order valence-corrected chi connectivity index (χ1v) is 8.91. The van der Waals surface area contributed by atoms with Crippen LogP contribution >= 0.6 is 0 Å². The van der Waals surface area contributed by atoms with Gasteiger partial charge in [-0.15, -0.1) is 0 Å². The zero-order valence-corrected chi connectivity index (χ0v) is 14.7. The topological polar surface area (TPSA) is 75.4 Å². The van der Waals surface area contributed by atoms with Gasteiger partial charge in [0.1, 0.15) is 6.04 Å². The summed E-state index contributed by atoms with van der Waals surface area (Å²) in [5.41, 5.74) is 6.55. The molecule has 1 saturated heterocycles. The molecule has 0 radical (unpaired) electrons. The Morgan fingerprint density at radius 1 is 1.33 bits per heavy atom. The van der Waals surface area contributed by atoms with Crippen molar-refractivity contribution in [3.05, 3.63) is 35.9 Å². The van der Waals surface area contributed by atoms with Crippen molar-refractivity contribution >= 4 is 11.8 Å². The number of hydrogen-bond donors (Lipinski definition) is 2. The predicted molar refractivity (Wildman–Crippen MR) is 95.2 cm³/mol. The van der Waals surface area contributed by atoms with Crippen LogP contribution in [0.1, 0.15) is 51.1 Å². The zero-order chi connectivity index (χ0) is 17.5. The third kappa shape index (κ3) is 4.81. The molecule has 5 nitrogen and oxygen atoms in total. The number of nitrogens with zero attached hydrogens (tertiary/aromatic N) is 1. The number of nitrogens with one attached hydrogen (secondary N) is 1. The summed E-state index contributed by atoms with van der Waals surface area (Å²) in [6.45, 7) is 5.52. The highest BCUT2D eigenvalue weighted by Crippen LogP contribution is 2.27. The number of rotatable bonds is 7. The van der Waals surface area contributed by atoms with E-state index in [2.05, 4.69) is 17.1 Å². The van der Waals surface area contributed by atoms with E-state index in [1.807, 2.05) is 37.3 Å². The van der Waals surface area contributed by atoms with Crippen LogP contribution in [0.4, 0.5) is 0 Å². The van der Waals surface area contributed by atoms with Gasteiger partial charge in [0.25, 0.3) is 0 Å². The number of amides is 2. The van der Waals surface area contributed by atoms with Gasteiger partial charge in [0.15, 0.2) is 0 Å². The van der Waals surface area contributed by atoms with E-state index in [1.165, 1.54) is 0 Å². The Morgan fingerprint density at radius 3 is 2.67 bits per heavy atom. The van der Waals surface area contributed by atoms with Crippen molar-refractivity contribution in [2.45, 2.75) is 51.6 Å². The van der Waals surface area contributed by atoms with Crippen molar-refractivity contribution in [2.75, 3.05) is 13.1 Å². The van der Waals surface area contributed by atoms with Gasteiger partial charge in [-0.1, -0.05) is 43.7 Å². The molecule has 0 saturated carbocycles. The van der Waals surface area contributed by atoms with Crippen LogP contribution in [0.3, 0.4) is 0 Å². The third-order valence-electron chi connectivity index (χ3n) is 4.68. The molecule has 1 aliphatic heterocycles. The smallest absolute Gasteiger partial charge is 0.239 e. The molecule has 1 aromatic rings. The van der Waals surface area contributed by atoms with E-state index >= 15 is 0 Å². The van der Waals surface area contributed by atoms with Crippen LogP contribution in [0, 0.1) is 5.92 Å². The maximum Gasteiger partial charge on any atom is 0.239 e. The number of piperidine rings is 1. The van der Waals surface area contributed by atoms with E-state index in [4.69, 9.17) is 5.73 Å². The number of hydrogen-bond acceptors (Lipinski definition) is 3. The van der Waals surface area contributed by atoms with Crippen LogP contribution in [-0.4, -0.2) is 35.8 Å². The summed E-state index contributed by atoms with van der Waals surface area (Å²) in [5, 5.41) is 3.10. The molecular formula is C19H29N3O2. The molecule has 1 heterocycles. The Morgan fingerprint density at radius 2 is 2.04 bits per heavy atom. The molecule has 5 heteroatoms. The lowest BCUT2D eigenvalue weighted by atomic mass is 9.93. The van der Waals surface area contributed by atoms with Gasteiger partial charge in [0.05, 0.1) is 5.92 Å². The Kier molecular flexibility index (Phi) is 6.79. The largest absolute Gasteiger partial charge is 0.368 e. The highest BCUT2D eigenvalue weighted by molar-refractivity contribution is 5.82. The lowest BCUT2D eigenvalue weighted by Gasteiger charge is -2.36. The molecule has 2 rings (SSSR count). The molecular weight excluding hydrogens is 302 g/mol. The maximum atomic E-state index is 12.5. The Balaban J connectivity index is 2.05. The van der Waals surface area contributed by atoms with Gasteiger partial charge >= 0.3 is 0 Å². The van der Waals surface area contributed by atoms with Crippen LogP contribution in [0.5, 0.6) is 0 Å². The van der Waals surface area contributed by atoms with Crippen molar-refractivity contribution in [3.63, 3.8) is 0 Å². The first kappa shape index (κ1) is 18.5. The SMILES string of the molecule is CCC[C@H](C)NC(=O)[C@H]1CCCN([C@H](C(N)=O)c2ccccc2)C1. The molecule has 3 atom stereocenters. The maximum absolute atomic E-state index is 12.5. The molecule has 132 valence electrons. The van der Waals surface area contributed by atoms with E-state index in [1.54, 1.807) is 0 Å². The van der Waals surface area contributed by atoms with Crippen molar-refractivity contribution in [2.24, 2.45) is 11.7 Å². The van der Waals surface area contributed by atoms with Gasteiger partial charge in [-0.2, -0.15) is 0 Å². The molecule has 1 aliphatic rings. The van der Waals surface area contributed by atoms with Crippen molar-refractivity contribution in [1.82, 2.24) is 10.2 Å². The fourth-order valence-corrected chi connectivity index (χ4v) is 3.51. The minimum atomic E-state index is -0.463. The molecule has 1 fully saturated rings. The van der Waals surface area contributed by atoms with Gasteiger partial charge in [0, 0.05) is 12.6 Å². The second-order valence-corrected chi connectivity index (χ2v) is 6.75. The third-order valence-corrected chi connectivity index (χ3v) is 4.68. The molecule has 24 heavy (non-hydrogen) atoms. The number of carbonyl (C=O) groups excluding carboxylic acids is 2. The normalized spacial score (nSPS) is 21.0. The summed E-state index contributed by atoms with van der Waals surface area (Å²) < 4.78 is 0. The van der Waals surface area contributed by atoms with E-state index in [9.17, 15) is 9.59 Å². The molecule has 0 spiro atoms. The van der Waals surface area contributed by atoms with Crippen LogP contribution in [0.2, 0.25) is 0 Å². The standard InChI is InChI=1S/C19H29N3O2/c1-3-8-14(2)21-19(24)16-11-7-12-22(13-16)17(18(20)23)15-9-5-4-6-10-15/h4-6,9-10,14,16-17H,3,7-8,11-13H2,1-2H3,(H2,20,23)(H,21,24)/t14-,16-,17-/m0/s1. The minimum Gasteiger partial charge on any atom is -0.368 e. The average Bonchev–Trinajstić information content (AvgIpc) is 2.56. The van der Waals surface area contributed by atoms with Crippen LogP contribution < -0.4 is 11.1 Å². The van der Waals surface area contributed by atoms with E-state index in [-0.39, 0.29) is 23.8 Å². The van der Waals surface area contributed by atoms with Crippen LogP contribution in [0.25, 0.3) is 0 Å². The van der Waals surface area contributed by atoms with Crippen molar-refractivity contribution in [1.29, 1.82) is 0 Å². The minimum absolute atomic E-state index is 0.0800. The lowest BCUT2D eigenvalue weighted by molar-refractivity contribution is -0.131. The van der Waals surface area contributed by atoms with Gasteiger partial charge in [-0.05, 0) is 38.3 Å². The molecule has 0 aromatic heterocycles. The molecule has 0 bridgehead atoms. The van der Waals surface area contributed by atoms with E-state index < -0.39 is 6.04 Å². The highest BCUT2D eigenvalue weighted by Gasteiger charge is 2.33.